The van der Waals surface area contributed by atoms with E-state index in [-0.39, 0.29) is 11.7 Å². The van der Waals surface area contributed by atoms with Gasteiger partial charge in [0.15, 0.2) is 5.78 Å². The molecule has 2 aliphatic heterocycles. The summed E-state index contributed by atoms with van der Waals surface area (Å²) in [6, 6.07) is 0. The number of thioether (sulfide) groups is 1. The lowest BCUT2D eigenvalue weighted by atomic mass is 9.95. The third kappa shape index (κ3) is 2.07. The maximum atomic E-state index is 11.7. The number of aromatic nitrogens is 2. The zero-order chi connectivity index (χ0) is 12.6. The normalized spacial score (nSPS) is 32.9. The van der Waals surface area contributed by atoms with Gasteiger partial charge in [0.2, 0.25) is 11.7 Å². The first-order valence-corrected chi connectivity index (χ1v) is 7.43. The molecule has 2 aliphatic rings. The lowest BCUT2D eigenvalue weighted by molar-refractivity contribution is -0.117. The van der Waals surface area contributed by atoms with Crippen LogP contribution < -0.4 is 0 Å². The van der Waals surface area contributed by atoms with Crippen LogP contribution in [0.4, 0.5) is 0 Å². The summed E-state index contributed by atoms with van der Waals surface area (Å²) in [5.74, 6) is 2.31. The fourth-order valence-corrected chi connectivity index (χ4v) is 3.47. The van der Waals surface area contributed by atoms with Crippen molar-refractivity contribution in [3.05, 3.63) is 11.7 Å². The molecular weight excluding hydrogens is 252 g/mol. The smallest absolute Gasteiger partial charge is 0.238 e. The van der Waals surface area contributed by atoms with Gasteiger partial charge in [0.25, 0.3) is 0 Å². The van der Waals surface area contributed by atoms with Gasteiger partial charge < -0.3 is 9.26 Å². The average molecular weight is 268 g/mol. The molecule has 2 saturated heterocycles. The van der Waals surface area contributed by atoms with Gasteiger partial charge in [-0.1, -0.05) is 5.16 Å². The number of rotatable bonds is 2. The molecular formula is C12H16N2O3S. The molecule has 2 atom stereocenters. The van der Waals surface area contributed by atoms with E-state index in [1.165, 1.54) is 0 Å². The van der Waals surface area contributed by atoms with Crippen molar-refractivity contribution in [1.82, 2.24) is 10.1 Å². The van der Waals surface area contributed by atoms with Gasteiger partial charge in [0.1, 0.15) is 11.5 Å². The molecule has 5 nitrogen and oxygen atoms in total. The number of ether oxygens (including phenoxy) is 1. The van der Waals surface area contributed by atoms with E-state index in [1.54, 1.807) is 11.8 Å². The zero-order valence-electron chi connectivity index (χ0n) is 10.3. The highest BCUT2D eigenvalue weighted by molar-refractivity contribution is 8.00. The van der Waals surface area contributed by atoms with Crippen LogP contribution in [-0.2, 0) is 15.1 Å². The molecule has 3 rings (SSSR count). The van der Waals surface area contributed by atoms with Crippen LogP contribution in [0.2, 0.25) is 0 Å². The van der Waals surface area contributed by atoms with Crippen molar-refractivity contribution in [2.75, 3.05) is 18.1 Å². The summed E-state index contributed by atoms with van der Waals surface area (Å²) in [6.07, 6.45) is 3.09. The molecule has 0 radical (unpaired) electrons. The Morgan fingerprint density at radius 1 is 1.44 bits per heavy atom. The molecule has 0 aliphatic carbocycles. The minimum absolute atomic E-state index is 0.185. The van der Waals surface area contributed by atoms with Crippen LogP contribution in [0.1, 0.15) is 43.8 Å². The topological polar surface area (TPSA) is 65.2 Å². The van der Waals surface area contributed by atoms with Gasteiger partial charge in [0.05, 0.1) is 5.75 Å². The molecule has 0 spiro atoms. The van der Waals surface area contributed by atoms with E-state index >= 15 is 0 Å². The minimum Gasteiger partial charge on any atom is -0.367 e. The number of Topliss-reactive ketones (excluding diaryl/α,β-unsaturated/α-hetero) is 1. The van der Waals surface area contributed by atoms with Gasteiger partial charge >= 0.3 is 0 Å². The Hall–Kier alpha value is -0.880. The molecule has 2 unspecified atom stereocenters. The van der Waals surface area contributed by atoms with Crippen LogP contribution in [-0.4, -0.2) is 34.0 Å². The van der Waals surface area contributed by atoms with Crippen LogP contribution in [0.25, 0.3) is 0 Å². The lowest BCUT2D eigenvalue weighted by Crippen LogP contribution is -2.31. The molecule has 0 bridgehead atoms. The number of hydrogen-bond acceptors (Lipinski definition) is 6. The summed E-state index contributed by atoms with van der Waals surface area (Å²) in [5.41, 5.74) is -0.450. The number of carbonyl (C=O) groups excluding carboxylic acids is 1. The van der Waals surface area contributed by atoms with Gasteiger partial charge in [-0.3, -0.25) is 4.79 Å². The second kappa shape index (κ2) is 4.66. The molecule has 3 heterocycles. The standard InChI is InChI=1S/C12H16N2O3S/c1-12(4-2-3-5-16-12)11-13-10(17-14-11)8-6-18-7-9(8)15/h8H,2-7H2,1H3. The first kappa shape index (κ1) is 12.2. The van der Waals surface area contributed by atoms with Gasteiger partial charge in [-0.05, 0) is 26.2 Å². The highest BCUT2D eigenvalue weighted by Gasteiger charge is 2.37. The van der Waals surface area contributed by atoms with E-state index in [4.69, 9.17) is 9.26 Å². The number of ketones is 1. The monoisotopic (exact) mass is 268 g/mol. The van der Waals surface area contributed by atoms with Gasteiger partial charge in [0, 0.05) is 12.4 Å². The maximum absolute atomic E-state index is 11.7. The quantitative estimate of drug-likeness (QED) is 0.816. The van der Waals surface area contributed by atoms with Crippen LogP contribution in [0, 0.1) is 0 Å². The predicted octanol–water partition coefficient (Wildman–Crippen LogP) is 1.88. The highest BCUT2D eigenvalue weighted by atomic mass is 32.2. The largest absolute Gasteiger partial charge is 0.367 e. The molecule has 0 N–H and O–H groups in total. The maximum Gasteiger partial charge on any atom is 0.238 e. The minimum atomic E-state index is -0.450. The van der Waals surface area contributed by atoms with Crippen molar-refractivity contribution in [3.63, 3.8) is 0 Å². The van der Waals surface area contributed by atoms with Crippen LogP contribution >= 0.6 is 11.8 Å². The average Bonchev–Trinajstić information content (AvgIpc) is 2.98. The molecule has 0 amide bonds. The van der Waals surface area contributed by atoms with Gasteiger partial charge in [-0.2, -0.15) is 16.7 Å². The van der Waals surface area contributed by atoms with E-state index < -0.39 is 5.60 Å². The third-order valence-corrected chi connectivity index (χ3v) is 4.66. The van der Waals surface area contributed by atoms with Crippen LogP contribution in [0.3, 0.4) is 0 Å². The lowest BCUT2D eigenvalue weighted by Gasteiger charge is -2.30. The van der Waals surface area contributed by atoms with Crippen molar-refractivity contribution >= 4 is 17.5 Å². The molecule has 1 aromatic rings. The molecule has 0 saturated carbocycles. The fraction of sp³-hybridized carbons (Fsp3) is 0.750. The number of hydrogen-bond donors (Lipinski definition) is 0. The van der Waals surface area contributed by atoms with Crippen molar-refractivity contribution < 1.29 is 14.1 Å². The molecule has 0 aromatic carbocycles. The fourth-order valence-electron chi connectivity index (χ4n) is 2.38. The second-order valence-corrected chi connectivity index (χ2v) is 6.06. The summed E-state index contributed by atoms with van der Waals surface area (Å²) in [6.45, 7) is 2.73. The van der Waals surface area contributed by atoms with Crippen molar-refractivity contribution in [2.24, 2.45) is 0 Å². The van der Waals surface area contributed by atoms with Crippen LogP contribution in [0.5, 0.6) is 0 Å². The second-order valence-electron chi connectivity index (χ2n) is 5.03. The number of nitrogens with zero attached hydrogens (tertiary/aromatic N) is 2. The Labute approximate surface area is 110 Å². The van der Waals surface area contributed by atoms with E-state index in [0.717, 1.165) is 31.6 Å². The Balaban J connectivity index is 1.82. The van der Waals surface area contributed by atoms with E-state index in [2.05, 4.69) is 10.1 Å². The molecule has 6 heteroatoms. The molecule has 1 aromatic heterocycles. The molecule has 2 fully saturated rings. The van der Waals surface area contributed by atoms with E-state index in [9.17, 15) is 4.79 Å². The van der Waals surface area contributed by atoms with Crippen molar-refractivity contribution in [2.45, 2.75) is 37.7 Å². The Kier molecular flexibility index (Phi) is 3.15. The summed E-state index contributed by atoms with van der Waals surface area (Å²) >= 11 is 1.62. The van der Waals surface area contributed by atoms with E-state index in [1.807, 2.05) is 6.92 Å². The van der Waals surface area contributed by atoms with E-state index in [0.29, 0.717) is 17.5 Å². The van der Waals surface area contributed by atoms with Crippen molar-refractivity contribution in [3.8, 4) is 0 Å². The third-order valence-electron chi connectivity index (χ3n) is 3.60. The van der Waals surface area contributed by atoms with Gasteiger partial charge in [-0.15, -0.1) is 0 Å². The summed E-state index contributed by atoms with van der Waals surface area (Å²) in [7, 11) is 0. The molecule has 98 valence electrons. The predicted molar refractivity (Wildman–Crippen MR) is 66.5 cm³/mol. The SMILES string of the molecule is CC1(c2noc(C3CSCC3=O)n2)CCCCO1. The van der Waals surface area contributed by atoms with Crippen LogP contribution in [0.15, 0.2) is 4.52 Å². The van der Waals surface area contributed by atoms with Crippen molar-refractivity contribution in [1.29, 1.82) is 0 Å². The first-order valence-electron chi connectivity index (χ1n) is 6.27. The number of carbonyl (C=O) groups is 1. The zero-order valence-corrected chi connectivity index (χ0v) is 11.2. The van der Waals surface area contributed by atoms with Gasteiger partial charge in [-0.25, -0.2) is 0 Å². The Morgan fingerprint density at radius 3 is 3.00 bits per heavy atom. The first-order chi connectivity index (χ1) is 8.69. The summed E-state index contributed by atoms with van der Waals surface area (Å²) < 4.78 is 11.0. The summed E-state index contributed by atoms with van der Waals surface area (Å²) in [5, 5.41) is 4.02. The highest BCUT2D eigenvalue weighted by Crippen LogP contribution is 2.35. The Morgan fingerprint density at radius 2 is 2.33 bits per heavy atom. The summed E-state index contributed by atoms with van der Waals surface area (Å²) in [4.78, 5) is 16.1. The Bertz CT molecular complexity index is 454. The molecule has 18 heavy (non-hydrogen) atoms.